The third-order valence-corrected chi connectivity index (χ3v) is 5.56. The third kappa shape index (κ3) is 6.39. The molecule has 0 saturated carbocycles. The van der Waals surface area contributed by atoms with Gasteiger partial charge in [0.1, 0.15) is 18.4 Å². The summed E-state index contributed by atoms with van der Waals surface area (Å²) >= 11 is 5.42. The predicted molar refractivity (Wildman–Crippen MR) is 120 cm³/mol. The van der Waals surface area contributed by atoms with Gasteiger partial charge < -0.3 is 24.4 Å². The number of piperazine rings is 1. The van der Waals surface area contributed by atoms with E-state index in [2.05, 4.69) is 10.6 Å². The van der Waals surface area contributed by atoms with E-state index < -0.39 is 17.9 Å². The minimum Gasteiger partial charge on any atom is -0.493 e. The highest BCUT2D eigenvalue weighted by molar-refractivity contribution is 7.80. The molecule has 1 aromatic carbocycles. The summed E-state index contributed by atoms with van der Waals surface area (Å²) < 4.78 is 16.4. The van der Waals surface area contributed by atoms with Crippen molar-refractivity contribution in [3.63, 3.8) is 0 Å². The van der Waals surface area contributed by atoms with Gasteiger partial charge in [-0.25, -0.2) is 0 Å². The van der Waals surface area contributed by atoms with E-state index >= 15 is 0 Å². The maximum absolute atomic E-state index is 12.8. The lowest BCUT2D eigenvalue weighted by Gasteiger charge is -2.36. The van der Waals surface area contributed by atoms with E-state index in [0.717, 1.165) is 19.3 Å². The van der Waals surface area contributed by atoms with E-state index in [1.54, 1.807) is 29.2 Å². The number of hydrogen-bond acceptors (Lipinski definition) is 7. The summed E-state index contributed by atoms with van der Waals surface area (Å²) in [5.74, 6) is -0.832. The fourth-order valence-electron chi connectivity index (χ4n) is 3.57. The number of thiocarbonyl (C=S) groups is 1. The molecule has 2 amide bonds. The van der Waals surface area contributed by atoms with Crippen molar-refractivity contribution in [2.45, 2.75) is 44.8 Å². The van der Waals surface area contributed by atoms with Crippen molar-refractivity contribution >= 4 is 35.1 Å². The lowest BCUT2D eigenvalue weighted by Crippen LogP contribution is -2.60. The number of nitrogens with zero attached hydrogens (tertiary/aromatic N) is 1. The number of amides is 2. The Morgan fingerprint density at radius 2 is 2.16 bits per heavy atom. The Kier molecular flexibility index (Phi) is 8.81. The zero-order valence-electron chi connectivity index (χ0n) is 18.1. The number of benzene rings is 1. The number of rotatable bonds is 8. The average Bonchev–Trinajstić information content (AvgIpc) is 3.31. The van der Waals surface area contributed by atoms with Gasteiger partial charge in [-0.2, -0.15) is 0 Å². The Morgan fingerprint density at radius 1 is 1.34 bits per heavy atom. The topological polar surface area (TPSA) is 106 Å². The van der Waals surface area contributed by atoms with Crippen LogP contribution in [-0.2, 0) is 19.1 Å². The maximum Gasteiger partial charge on any atom is 0.308 e. The SMILES string of the molecule is CCCOc1ccccc1C(=O)NC(=S)N1CCNC(=O)C1CC(=O)OCC1CCCO1. The second-order valence-corrected chi connectivity index (χ2v) is 8.01. The summed E-state index contributed by atoms with van der Waals surface area (Å²) in [6.45, 7) is 4.02. The average molecular weight is 464 g/mol. The molecule has 32 heavy (non-hydrogen) atoms. The summed E-state index contributed by atoms with van der Waals surface area (Å²) in [5, 5.41) is 5.48. The molecule has 0 bridgehead atoms. The molecule has 2 unspecified atom stereocenters. The van der Waals surface area contributed by atoms with Gasteiger partial charge in [-0.1, -0.05) is 19.1 Å². The number of ether oxygens (including phenoxy) is 3. The Balaban J connectivity index is 1.61. The number of hydrogen-bond donors (Lipinski definition) is 2. The van der Waals surface area contributed by atoms with Crippen molar-refractivity contribution < 1.29 is 28.6 Å². The van der Waals surface area contributed by atoms with Gasteiger partial charge in [0.25, 0.3) is 5.91 Å². The lowest BCUT2D eigenvalue weighted by atomic mass is 10.1. The summed E-state index contributed by atoms with van der Waals surface area (Å²) in [6, 6.07) is 6.02. The van der Waals surface area contributed by atoms with Crippen molar-refractivity contribution in [1.82, 2.24) is 15.5 Å². The highest BCUT2D eigenvalue weighted by Crippen LogP contribution is 2.19. The number of esters is 1. The molecule has 2 atom stereocenters. The first-order valence-corrected chi connectivity index (χ1v) is 11.3. The zero-order chi connectivity index (χ0) is 22.9. The predicted octanol–water partition coefficient (Wildman–Crippen LogP) is 1.40. The summed E-state index contributed by atoms with van der Waals surface area (Å²) in [6.07, 6.45) is 2.34. The van der Waals surface area contributed by atoms with Crippen LogP contribution in [0.5, 0.6) is 5.75 Å². The molecule has 10 heteroatoms. The van der Waals surface area contributed by atoms with Crippen LogP contribution in [0.25, 0.3) is 0 Å². The van der Waals surface area contributed by atoms with Gasteiger partial charge in [0, 0.05) is 19.7 Å². The molecule has 9 nitrogen and oxygen atoms in total. The van der Waals surface area contributed by atoms with E-state index in [0.29, 0.717) is 37.6 Å². The highest BCUT2D eigenvalue weighted by Gasteiger charge is 2.34. The fraction of sp³-hybridized carbons (Fsp3) is 0.545. The van der Waals surface area contributed by atoms with Crippen molar-refractivity contribution in [2.24, 2.45) is 0 Å². The van der Waals surface area contributed by atoms with Crippen LogP contribution in [0.3, 0.4) is 0 Å². The summed E-state index contributed by atoms with van der Waals surface area (Å²) in [5.41, 5.74) is 0.345. The zero-order valence-corrected chi connectivity index (χ0v) is 18.9. The number of nitrogens with one attached hydrogen (secondary N) is 2. The van der Waals surface area contributed by atoms with Crippen molar-refractivity contribution in [3.8, 4) is 5.75 Å². The Hall–Kier alpha value is -2.72. The fourth-order valence-corrected chi connectivity index (χ4v) is 3.88. The second kappa shape index (κ2) is 11.8. The van der Waals surface area contributed by atoms with Gasteiger partial charge >= 0.3 is 5.97 Å². The largest absolute Gasteiger partial charge is 0.493 e. The molecule has 0 spiro atoms. The van der Waals surface area contributed by atoms with Crippen molar-refractivity contribution in [2.75, 3.05) is 32.9 Å². The third-order valence-electron chi connectivity index (χ3n) is 5.22. The van der Waals surface area contributed by atoms with Crippen LogP contribution >= 0.6 is 12.2 Å². The van der Waals surface area contributed by atoms with E-state index in [4.69, 9.17) is 26.4 Å². The Labute approximate surface area is 192 Å². The van der Waals surface area contributed by atoms with Crippen LogP contribution in [0.2, 0.25) is 0 Å². The number of carbonyl (C=O) groups excluding carboxylic acids is 3. The first-order valence-electron chi connectivity index (χ1n) is 10.9. The highest BCUT2D eigenvalue weighted by atomic mass is 32.1. The molecule has 0 aromatic heterocycles. The molecule has 2 heterocycles. The van der Waals surface area contributed by atoms with Crippen molar-refractivity contribution in [1.29, 1.82) is 0 Å². The van der Waals surface area contributed by atoms with E-state index in [9.17, 15) is 14.4 Å². The molecule has 3 rings (SSSR count). The Bertz CT molecular complexity index is 843. The van der Waals surface area contributed by atoms with Crippen LogP contribution in [0.1, 0.15) is 43.0 Å². The van der Waals surface area contributed by atoms with Gasteiger partial charge in [0.05, 0.1) is 24.7 Å². The molecule has 174 valence electrons. The van der Waals surface area contributed by atoms with Crippen LogP contribution in [-0.4, -0.2) is 72.9 Å². The Morgan fingerprint density at radius 3 is 2.91 bits per heavy atom. The summed E-state index contributed by atoms with van der Waals surface area (Å²) in [7, 11) is 0. The molecule has 2 N–H and O–H groups in total. The van der Waals surface area contributed by atoms with E-state index in [-0.39, 0.29) is 30.2 Å². The molecule has 2 fully saturated rings. The number of carbonyl (C=O) groups is 3. The summed E-state index contributed by atoms with van der Waals surface area (Å²) in [4.78, 5) is 39.2. The quantitative estimate of drug-likeness (QED) is 0.440. The molecule has 2 aliphatic rings. The smallest absolute Gasteiger partial charge is 0.308 e. The first kappa shape index (κ1) is 23.9. The molecule has 0 aliphatic carbocycles. The molecular formula is C22H29N3O6S. The minimum absolute atomic E-state index is 0.0760. The molecular weight excluding hydrogens is 434 g/mol. The molecule has 2 saturated heterocycles. The van der Waals surface area contributed by atoms with Crippen LogP contribution in [0.4, 0.5) is 0 Å². The van der Waals surface area contributed by atoms with Gasteiger partial charge in [0.2, 0.25) is 5.91 Å². The first-order chi connectivity index (χ1) is 15.5. The van der Waals surface area contributed by atoms with Gasteiger partial charge in [-0.15, -0.1) is 0 Å². The second-order valence-electron chi connectivity index (χ2n) is 7.63. The standard InChI is InChI=1S/C22H29N3O6S/c1-2-11-30-18-8-4-3-7-16(18)20(27)24-22(32)25-10-9-23-21(28)17(25)13-19(26)31-14-15-6-5-12-29-15/h3-4,7-8,15,17H,2,5-6,9-14H2,1H3,(H,23,28)(H,24,27,32). The monoisotopic (exact) mass is 463 g/mol. The van der Waals surface area contributed by atoms with Crippen LogP contribution < -0.4 is 15.4 Å². The molecule has 0 radical (unpaired) electrons. The van der Waals surface area contributed by atoms with Crippen LogP contribution in [0, 0.1) is 0 Å². The van der Waals surface area contributed by atoms with Crippen molar-refractivity contribution in [3.05, 3.63) is 29.8 Å². The molecule has 1 aromatic rings. The van der Waals surface area contributed by atoms with Gasteiger partial charge in [0.15, 0.2) is 5.11 Å². The van der Waals surface area contributed by atoms with E-state index in [1.807, 2.05) is 6.92 Å². The van der Waals surface area contributed by atoms with Crippen LogP contribution in [0.15, 0.2) is 24.3 Å². The van der Waals surface area contributed by atoms with Gasteiger partial charge in [-0.05, 0) is 43.6 Å². The normalized spacial score (nSPS) is 20.4. The maximum atomic E-state index is 12.8. The van der Waals surface area contributed by atoms with Gasteiger partial charge in [-0.3, -0.25) is 19.7 Å². The lowest BCUT2D eigenvalue weighted by molar-refractivity contribution is -0.150. The van der Waals surface area contributed by atoms with E-state index in [1.165, 1.54) is 0 Å². The molecule has 2 aliphatic heterocycles. The number of para-hydroxylation sites is 1. The minimum atomic E-state index is -0.861.